The van der Waals surface area contributed by atoms with Gasteiger partial charge in [0.2, 0.25) is 0 Å². The molecule has 0 aliphatic rings. The highest BCUT2D eigenvalue weighted by atomic mass is 79.9. The summed E-state index contributed by atoms with van der Waals surface area (Å²) in [6, 6.07) is 24.1. The third-order valence-electron chi connectivity index (χ3n) is 4.11. The van der Waals surface area contributed by atoms with Crippen molar-refractivity contribution in [2.45, 2.75) is 19.6 Å². The van der Waals surface area contributed by atoms with Crippen molar-refractivity contribution in [1.29, 1.82) is 0 Å². The zero-order valence-corrected chi connectivity index (χ0v) is 18.3. The van der Waals surface area contributed by atoms with Crippen LogP contribution in [0.1, 0.15) is 0 Å². The van der Waals surface area contributed by atoms with Crippen LogP contribution in [-0.4, -0.2) is 8.07 Å². The van der Waals surface area contributed by atoms with E-state index in [4.69, 9.17) is 0 Å². The molecule has 0 aromatic heterocycles. The second-order valence-corrected chi connectivity index (χ2v) is 14.0. The fourth-order valence-electron chi connectivity index (χ4n) is 2.73. The zero-order chi connectivity index (χ0) is 17.3. The Labute approximate surface area is 162 Å². The van der Waals surface area contributed by atoms with Crippen LogP contribution < -0.4 is 5.19 Å². The summed E-state index contributed by atoms with van der Waals surface area (Å²) in [5.74, 6) is 0. The zero-order valence-electron chi connectivity index (χ0n) is 14.1. The van der Waals surface area contributed by atoms with Crippen LogP contribution in [0.5, 0.6) is 0 Å². The lowest BCUT2D eigenvalue weighted by Crippen LogP contribution is -2.37. The van der Waals surface area contributed by atoms with Crippen LogP contribution in [0.4, 0.5) is 0 Å². The molecule has 0 spiro atoms. The lowest BCUT2D eigenvalue weighted by molar-refractivity contribution is 1.56. The molecule has 0 amide bonds. The minimum Gasteiger partial charge on any atom is -0.0656 e. The van der Waals surface area contributed by atoms with Gasteiger partial charge in [-0.25, -0.2) is 0 Å². The van der Waals surface area contributed by atoms with E-state index in [0.29, 0.717) is 0 Å². The van der Waals surface area contributed by atoms with E-state index in [9.17, 15) is 0 Å². The van der Waals surface area contributed by atoms with Crippen LogP contribution in [0.25, 0.3) is 22.3 Å². The van der Waals surface area contributed by atoms with Gasteiger partial charge in [-0.1, -0.05) is 93.1 Å². The van der Waals surface area contributed by atoms with E-state index in [1.54, 1.807) is 0 Å². The van der Waals surface area contributed by atoms with Gasteiger partial charge in [0.15, 0.2) is 0 Å². The first-order chi connectivity index (χ1) is 11.3. The molecule has 3 aromatic rings. The van der Waals surface area contributed by atoms with Gasteiger partial charge >= 0.3 is 0 Å². The number of benzene rings is 3. The maximum atomic E-state index is 3.59. The van der Waals surface area contributed by atoms with E-state index in [1.807, 2.05) is 0 Å². The van der Waals surface area contributed by atoms with Gasteiger partial charge in [-0.15, -0.1) is 0 Å². The number of rotatable bonds is 3. The van der Waals surface area contributed by atoms with Crippen LogP contribution in [0.15, 0.2) is 75.7 Å². The summed E-state index contributed by atoms with van der Waals surface area (Å²) in [5.41, 5.74) is 5.07. The molecular formula is C21H20Br2Si. The van der Waals surface area contributed by atoms with Crippen LogP contribution in [0.3, 0.4) is 0 Å². The first-order valence-corrected chi connectivity index (χ1v) is 13.1. The minimum atomic E-state index is -1.41. The molecule has 3 rings (SSSR count). The quantitative estimate of drug-likeness (QED) is 0.366. The summed E-state index contributed by atoms with van der Waals surface area (Å²) >= 11 is 7.19. The summed E-state index contributed by atoms with van der Waals surface area (Å²) in [4.78, 5) is 0. The second-order valence-electron chi connectivity index (χ2n) is 7.07. The topological polar surface area (TPSA) is 0 Å². The number of hydrogen-bond acceptors (Lipinski definition) is 0. The van der Waals surface area contributed by atoms with Gasteiger partial charge in [0.05, 0.1) is 8.07 Å². The first kappa shape index (κ1) is 17.7. The van der Waals surface area contributed by atoms with Gasteiger partial charge < -0.3 is 0 Å². The summed E-state index contributed by atoms with van der Waals surface area (Å²) in [6.45, 7) is 7.20. The van der Waals surface area contributed by atoms with Crippen molar-refractivity contribution in [2.75, 3.05) is 0 Å². The fourth-order valence-corrected chi connectivity index (χ4v) is 4.71. The van der Waals surface area contributed by atoms with E-state index in [-0.39, 0.29) is 0 Å². The molecule has 0 radical (unpaired) electrons. The van der Waals surface area contributed by atoms with Crippen molar-refractivity contribution in [3.63, 3.8) is 0 Å². The molecule has 0 heterocycles. The predicted octanol–water partition coefficient (Wildman–Crippen LogP) is 7.09. The molecule has 0 bridgehead atoms. The molecular weight excluding hydrogens is 440 g/mol. The van der Waals surface area contributed by atoms with Gasteiger partial charge in [-0.2, -0.15) is 0 Å². The maximum Gasteiger partial charge on any atom is 0.0776 e. The summed E-state index contributed by atoms with van der Waals surface area (Å²) in [5, 5.41) is 1.48. The minimum absolute atomic E-state index is 1.11. The third kappa shape index (κ3) is 4.08. The molecule has 0 unspecified atom stereocenters. The Morgan fingerprint density at radius 2 is 1.04 bits per heavy atom. The SMILES string of the molecule is C[Si](C)(C)c1cc(-c2cccc(Br)c2)cc(-c2cccc(Br)c2)c1. The molecule has 3 heteroatoms. The highest BCUT2D eigenvalue weighted by molar-refractivity contribution is 9.10. The van der Waals surface area contributed by atoms with Gasteiger partial charge in [0, 0.05) is 8.95 Å². The molecule has 0 aliphatic carbocycles. The van der Waals surface area contributed by atoms with Crippen LogP contribution in [0.2, 0.25) is 19.6 Å². The lowest BCUT2D eigenvalue weighted by Gasteiger charge is -2.20. The van der Waals surface area contributed by atoms with Crippen molar-refractivity contribution in [2.24, 2.45) is 0 Å². The Bertz CT molecular complexity index is 815. The van der Waals surface area contributed by atoms with Gasteiger partial charge in [0.1, 0.15) is 0 Å². The highest BCUT2D eigenvalue weighted by Gasteiger charge is 2.18. The van der Waals surface area contributed by atoms with E-state index < -0.39 is 8.07 Å². The first-order valence-electron chi connectivity index (χ1n) is 8.00. The number of halogens is 2. The number of hydrogen-bond donors (Lipinski definition) is 0. The Balaban J connectivity index is 2.21. The molecule has 0 N–H and O–H groups in total. The molecule has 0 saturated heterocycles. The van der Waals surface area contributed by atoms with Crippen LogP contribution in [-0.2, 0) is 0 Å². The summed E-state index contributed by atoms with van der Waals surface area (Å²) in [6.07, 6.45) is 0. The molecule has 122 valence electrons. The monoisotopic (exact) mass is 458 g/mol. The van der Waals surface area contributed by atoms with Crippen LogP contribution in [0, 0.1) is 0 Å². The summed E-state index contributed by atoms with van der Waals surface area (Å²) < 4.78 is 2.23. The third-order valence-corrected chi connectivity index (χ3v) is 7.12. The molecule has 0 saturated carbocycles. The van der Waals surface area contributed by atoms with E-state index in [1.165, 1.54) is 27.4 Å². The van der Waals surface area contributed by atoms with E-state index in [2.05, 4.69) is 118 Å². The predicted molar refractivity (Wildman–Crippen MR) is 116 cm³/mol. The Kier molecular flexibility index (Phi) is 5.14. The normalized spacial score (nSPS) is 11.5. The molecule has 3 aromatic carbocycles. The largest absolute Gasteiger partial charge is 0.0776 e. The van der Waals surface area contributed by atoms with E-state index >= 15 is 0 Å². The van der Waals surface area contributed by atoms with Gasteiger partial charge in [-0.3, -0.25) is 0 Å². The van der Waals surface area contributed by atoms with Crippen LogP contribution >= 0.6 is 31.9 Å². The molecule has 24 heavy (non-hydrogen) atoms. The molecule has 0 fully saturated rings. The second kappa shape index (κ2) is 6.99. The highest BCUT2D eigenvalue weighted by Crippen LogP contribution is 2.29. The summed E-state index contributed by atoms with van der Waals surface area (Å²) in [7, 11) is -1.41. The smallest absolute Gasteiger partial charge is 0.0656 e. The van der Waals surface area contributed by atoms with Gasteiger partial charge in [0.25, 0.3) is 0 Å². The van der Waals surface area contributed by atoms with E-state index in [0.717, 1.165) is 8.95 Å². The Hall–Kier alpha value is -1.16. The maximum absolute atomic E-state index is 3.59. The average Bonchev–Trinajstić information content (AvgIpc) is 2.53. The average molecular weight is 460 g/mol. The Morgan fingerprint density at radius 1 is 0.583 bits per heavy atom. The van der Waals surface area contributed by atoms with Crippen molar-refractivity contribution in [3.8, 4) is 22.3 Å². The Morgan fingerprint density at radius 3 is 1.42 bits per heavy atom. The van der Waals surface area contributed by atoms with Crippen molar-refractivity contribution in [1.82, 2.24) is 0 Å². The van der Waals surface area contributed by atoms with Crippen molar-refractivity contribution < 1.29 is 0 Å². The van der Waals surface area contributed by atoms with Gasteiger partial charge in [-0.05, 0) is 52.6 Å². The molecule has 0 aliphatic heterocycles. The van der Waals surface area contributed by atoms with Crippen molar-refractivity contribution in [3.05, 3.63) is 75.7 Å². The molecule has 0 nitrogen and oxygen atoms in total. The fraction of sp³-hybridized carbons (Fsp3) is 0.143. The standard InChI is InChI=1S/C21H20Br2Si/c1-24(2,3)21-13-17(15-6-4-8-19(22)11-15)10-18(14-21)16-7-5-9-20(23)12-16/h4-14H,1-3H3. The molecule has 0 atom stereocenters. The van der Waals surface area contributed by atoms with Crippen molar-refractivity contribution >= 4 is 45.1 Å². The lowest BCUT2D eigenvalue weighted by atomic mass is 9.99.